The van der Waals surface area contributed by atoms with E-state index in [-0.39, 0.29) is 11.8 Å². The van der Waals surface area contributed by atoms with Gasteiger partial charge in [0.25, 0.3) is 11.8 Å². The van der Waals surface area contributed by atoms with Crippen LogP contribution in [-0.4, -0.2) is 11.8 Å². The number of nitrogens with one attached hydrogen (secondary N) is 2. The lowest BCUT2D eigenvalue weighted by Gasteiger charge is -2.08. The Kier molecular flexibility index (Phi) is 4.90. The van der Waals surface area contributed by atoms with Crippen molar-refractivity contribution in [2.45, 2.75) is 6.92 Å². The van der Waals surface area contributed by atoms with Gasteiger partial charge >= 0.3 is 0 Å². The fourth-order valence-corrected chi connectivity index (χ4v) is 2.31. The molecule has 0 heterocycles. The molecule has 4 nitrogen and oxygen atoms in total. The monoisotopic (exact) mass is 329 g/mol. The number of hydrogen-bond acceptors (Lipinski definition) is 2. The highest BCUT2D eigenvalue weighted by molar-refractivity contribution is 6.07. The first kappa shape index (κ1) is 16.5. The highest BCUT2D eigenvalue weighted by Gasteiger charge is 2.09. The largest absolute Gasteiger partial charge is 0.322 e. The first-order chi connectivity index (χ1) is 12.1. The second kappa shape index (κ2) is 7.45. The van der Waals surface area contributed by atoms with Crippen molar-refractivity contribution in [1.82, 2.24) is 0 Å². The summed E-state index contributed by atoms with van der Waals surface area (Å²) < 4.78 is 0. The molecule has 2 N–H and O–H groups in total. The number of benzene rings is 3. The minimum absolute atomic E-state index is 0.228. The summed E-state index contributed by atoms with van der Waals surface area (Å²) in [5, 5.41) is 5.59. The Labute approximate surface area is 146 Å². The molecule has 1 radical (unpaired) electrons. The molecule has 0 aliphatic heterocycles. The molecule has 0 bridgehead atoms. The molecule has 0 aliphatic carbocycles. The van der Waals surface area contributed by atoms with Gasteiger partial charge in [-0.1, -0.05) is 35.9 Å². The first-order valence-corrected chi connectivity index (χ1v) is 7.87. The molecule has 0 saturated carbocycles. The van der Waals surface area contributed by atoms with Gasteiger partial charge in [0.05, 0.1) is 0 Å². The Hall–Kier alpha value is -3.40. The molecular formula is C21H17N2O2. The lowest BCUT2D eigenvalue weighted by atomic mass is 10.1. The van der Waals surface area contributed by atoms with E-state index in [2.05, 4.69) is 16.7 Å². The van der Waals surface area contributed by atoms with Crippen molar-refractivity contribution in [1.29, 1.82) is 0 Å². The first-order valence-electron chi connectivity index (χ1n) is 7.87. The van der Waals surface area contributed by atoms with Gasteiger partial charge in [0, 0.05) is 22.5 Å². The summed E-state index contributed by atoms with van der Waals surface area (Å²) in [6.45, 7) is 1.96. The number of aryl methyl sites for hydroxylation is 1. The van der Waals surface area contributed by atoms with Crippen LogP contribution in [0.25, 0.3) is 0 Å². The van der Waals surface area contributed by atoms with Gasteiger partial charge in [-0.05, 0) is 55.5 Å². The van der Waals surface area contributed by atoms with Crippen LogP contribution in [0.2, 0.25) is 0 Å². The quantitative estimate of drug-likeness (QED) is 0.750. The number of amides is 2. The molecule has 2 amide bonds. The standard InChI is InChI=1S/C21H17N2O2/c1-15-10-12-16(13-11-15)20(24)23-19-9-5-6-17(14-19)21(25)22-18-7-3-2-4-8-18/h2-4,6-14H,1H3,(H,22,25)(H,23,24). The highest BCUT2D eigenvalue weighted by atomic mass is 16.2. The number of hydrogen-bond donors (Lipinski definition) is 2. The zero-order valence-electron chi connectivity index (χ0n) is 13.7. The van der Waals surface area contributed by atoms with Crippen LogP contribution in [0.1, 0.15) is 26.3 Å². The zero-order valence-corrected chi connectivity index (χ0v) is 13.7. The van der Waals surface area contributed by atoms with Gasteiger partial charge in [0.15, 0.2) is 0 Å². The topological polar surface area (TPSA) is 58.2 Å². The smallest absolute Gasteiger partial charge is 0.255 e. The summed E-state index contributed by atoms with van der Waals surface area (Å²) in [7, 11) is 0. The van der Waals surface area contributed by atoms with Crippen LogP contribution in [0.5, 0.6) is 0 Å². The minimum Gasteiger partial charge on any atom is -0.322 e. The second-order valence-corrected chi connectivity index (χ2v) is 5.65. The van der Waals surface area contributed by atoms with Crippen molar-refractivity contribution in [3.8, 4) is 0 Å². The van der Waals surface area contributed by atoms with Crippen LogP contribution >= 0.6 is 0 Å². The van der Waals surface area contributed by atoms with Crippen LogP contribution < -0.4 is 10.6 Å². The number of carbonyl (C=O) groups excluding carboxylic acids is 2. The van der Waals surface area contributed by atoms with Crippen molar-refractivity contribution < 1.29 is 9.59 Å². The summed E-state index contributed by atoms with van der Waals surface area (Å²) in [4.78, 5) is 24.6. The van der Waals surface area contributed by atoms with Gasteiger partial charge in [-0.15, -0.1) is 0 Å². The maximum Gasteiger partial charge on any atom is 0.255 e. The Morgan fingerprint density at radius 1 is 0.760 bits per heavy atom. The van der Waals surface area contributed by atoms with E-state index in [0.29, 0.717) is 22.5 Å². The van der Waals surface area contributed by atoms with Crippen molar-refractivity contribution in [2.75, 3.05) is 10.6 Å². The molecule has 3 rings (SSSR count). The summed E-state index contributed by atoms with van der Waals surface area (Å²) in [6, 6.07) is 24.2. The van der Waals surface area contributed by atoms with E-state index in [0.717, 1.165) is 5.56 Å². The second-order valence-electron chi connectivity index (χ2n) is 5.65. The summed E-state index contributed by atoms with van der Waals surface area (Å²) >= 11 is 0. The number of para-hydroxylation sites is 1. The lowest BCUT2D eigenvalue weighted by molar-refractivity contribution is 0.101. The fraction of sp³-hybridized carbons (Fsp3) is 0.0476. The molecule has 0 aliphatic rings. The number of carbonyl (C=O) groups is 2. The van der Waals surface area contributed by atoms with E-state index in [1.165, 1.54) is 0 Å². The summed E-state index contributed by atoms with van der Waals surface area (Å²) in [5.41, 5.74) is 3.30. The third-order valence-electron chi connectivity index (χ3n) is 3.65. The van der Waals surface area contributed by atoms with Crippen LogP contribution in [0.4, 0.5) is 11.4 Å². The predicted octanol–water partition coefficient (Wildman–Crippen LogP) is 4.30. The van der Waals surface area contributed by atoms with E-state index in [1.54, 1.807) is 30.3 Å². The van der Waals surface area contributed by atoms with E-state index < -0.39 is 0 Å². The molecule has 0 saturated heterocycles. The van der Waals surface area contributed by atoms with Crippen molar-refractivity contribution in [3.63, 3.8) is 0 Å². The Balaban J connectivity index is 1.71. The summed E-state index contributed by atoms with van der Waals surface area (Å²) in [5.74, 6) is -0.483. The molecule has 0 aromatic heterocycles. The van der Waals surface area contributed by atoms with Gasteiger partial charge in [0.1, 0.15) is 0 Å². The van der Waals surface area contributed by atoms with Crippen LogP contribution in [0, 0.1) is 13.0 Å². The van der Waals surface area contributed by atoms with Gasteiger partial charge in [-0.3, -0.25) is 9.59 Å². The molecule has 4 heteroatoms. The molecule has 0 spiro atoms. The highest BCUT2D eigenvalue weighted by Crippen LogP contribution is 2.14. The molecule has 0 atom stereocenters. The van der Waals surface area contributed by atoms with E-state index in [1.807, 2.05) is 49.4 Å². The van der Waals surface area contributed by atoms with Crippen molar-refractivity contribution >= 4 is 23.2 Å². The average Bonchev–Trinajstić information content (AvgIpc) is 2.63. The third-order valence-corrected chi connectivity index (χ3v) is 3.65. The van der Waals surface area contributed by atoms with Crippen LogP contribution in [0.15, 0.2) is 72.8 Å². The van der Waals surface area contributed by atoms with Gasteiger partial charge in [-0.2, -0.15) is 0 Å². The fourth-order valence-electron chi connectivity index (χ4n) is 2.31. The van der Waals surface area contributed by atoms with Crippen molar-refractivity contribution in [3.05, 3.63) is 95.6 Å². The lowest BCUT2D eigenvalue weighted by Crippen LogP contribution is -2.14. The molecule has 25 heavy (non-hydrogen) atoms. The van der Waals surface area contributed by atoms with Crippen molar-refractivity contribution in [2.24, 2.45) is 0 Å². The zero-order chi connectivity index (χ0) is 17.6. The SMILES string of the molecule is Cc1ccc(C(=O)Nc2c[c]cc(C(=O)Nc3ccccc3)c2)cc1. The molecule has 3 aromatic rings. The van der Waals surface area contributed by atoms with E-state index >= 15 is 0 Å². The third kappa shape index (κ3) is 4.32. The maximum atomic E-state index is 12.3. The number of anilines is 2. The molecule has 0 unspecified atom stereocenters. The van der Waals surface area contributed by atoms with Gasteiger partial charge in [0.2, 0.25) is 0 Å². The summed E-state index contributed by atoms with van der Waals surface area (Å²) in [6.07, 6.45) is 0. The van der Waals surface area contributed by atoms with Gasteiger partial charge < -0.3 is 10.6 Å². The molecular weight excluding hydrogens is 312 g/mol. The number of rotatable bonds is 4. The van der Waals surface area contributed by atoms with Gasteiger partial charge in [-0.25, -0.2) is 0 Å². The Bertz CT molecular complexity index is 887. The molecule has 3 aromatic carbocycles. The predicted molar refractivity (Wildman–Crippen MR) is 98.8 cm³/mol. The molecule has 123 valence electrons. The normalized spacial score (nSPS) is 10.1. The van der Waals surface area contributed by atoms with E-state index in [9.17, 15) is 9.59 Å². The van der Waals surface area contributed by atoms with Crippen LogP contribution in [-0.2, 0) is 0 Å². The average molecular weight is 329 g/mol. The minimum atomic E-state index is -0.256. The molecule has 0 fully saturated rings. The van der Waals surface area contributed by atoms with Crippen LogP contribution in [0.3, 0.4) is 0 Å². The van der Waals surface area contributed by atoms with E-state index in [4.69, 9.17) is 0 Å². The Morgan fingerprint density at radius 2 is 1.40 bits per heavy atom. The maximum absolute atomic E-state index is 12.3. The Morgan fingerprint density at radius 3 is 2.12 bits per heavy atom.